The van der Waals surface area contributed by atoms with E-state index in [0.717, 1.165) is 17.7 Å². The van der Waals surface area contributed by atoms with E-state index in [1.165, 1.54) is 0 Å². The number of fused-ring (bicyclic) bond motifs is 1. The molecule has 0 fully saturated rings. The number of terminal acetylenes is 1. The molecule has 0 bridgehead atoms. The molecule has 0 aromatic heterocycles. The summed E-state index contributed by atoms with van der Waals surface area (Å²) in [5.74, 6) is 3.64. The summed E-state index contributed by atoms with van der Waals surface area (Å²) in [6.07, 6.45) is 7.01. The molecule has 0 saturated carbocycles. The minimum absolute atomic E-state index is 0.165. The van der Waals surface area contributed by atoms with Crippen LogP contribution in [0.2, 0.25) is 0 Å². The largest absolute Gasteiger partial charge is 0.493 e. The van der Waals surface area contributed by atoms with Crippen molar-refractivity contribution in [1.29, 1.82) is 0 Å². The molecule has 2 nitrogen and oxygen atoms in total. The van der Waals surface area contributed by atoms with E-state index in [0.29, 0.717) is 19.4 Å². The third-order valence-electron chi connectivity index (χ3n) is 3.05. The van der Waals surface area contributed by atoms with Crippen molar-refractivity contribution in [2.75, 3.05) is 6.61 Å². The van der Waals surface area contributed by atoms with Crippen molar-refractivity contribution in [3.63, 3.8) is 0 Å². The number of benzene rings is 1. The minimum Gasteiger partial charge on any atom is -0.493 e. The Labute approximate surface area is 96.3 Å². The second-order valence-corrected chi connectivity index (χ2v) is 4.09. The van der Waals surface area contributed by atoms with Crippen molar-refractivity contribution in [3.8, 4) is 18.1 Å². The number of rotatable bonds is 3. The third-order valence-corrected chi connectivity index (χ3v) is 3.05. The molecule has 2 atom stereocenters. The van der Waals surface area contributed by atoms with Gasteiger partial charge in [0.2, 0.25) is 0 Å². The molecule has 1 N–H and O–H groups in total. The highest BCUT2D eigenvalue weighted by molar-refractivity contribution is 5.38. The van der Waals surface area contributed by atoms with Crippen LogP contribution in [0, 0.1) is 12.3 Å². The summed E-state index contributed by atoms with van der Waals surface area (Å²) >= 11 is 0. The summed E-state index contributed by atoms with van der Waals surface area (Å²) in [5, 5.41) is 10.1. The van der Waals surface area contributed by atoms with Crippen LogP contribution in [0.25, 0.3) is 0 Å². The Bertz CT molecular complexity index is 392. The Morgan fingerprint density at radius 1 is 1.50 bits per heavy atom. The van der Waals surface area contributed by atoms with Crippen LogP contribution in [0.5, 0.6) is 5.75 Å². The molecular formula is C14H16O2. The summed E-state index contributed by atoms with van der Waals surface area (Å²) in [6, 6.07) is 7.91. The van der Waals surface area contributed by atoms with Gasteiger partial charge in [-0.2, -0.15) is 0 Å². The lowest BCUT2D eigenvalue weighted by Gasteiger charge is -2.29. The Morgan fingerprint density at radius 3 is 3.12 bits per heavy atom. The molecule has 0 aliphatic carbocycles. The standard InChI is InChI=1S/C14H16O2/c1-2-3-7-13(15)11-9-10-16-14-8-5-4-6-12(11)14/h1,4-6,8,11,13,15H,3,7,9-10H2. The fraction of sp³-hybridized carbons (Fsp3) is 0.429. The molecule has 0 saturated heterocycles. The molecule has 84 valence electrons. The van der Waals surface area contributed by atoms with Gasteiger partial charge in [-0.1, -0.05) is 18.2 Å². The smallest absolute Gasteiger partial charge is 0.122 e. The summed E-state index contributed by atoms with van der Waals surface area (Å²) in [7, 11) is 0. The molecule has 1 aliphatic heterocycles. The number of hydrogen-bond acceptors (Lipinski definition) is 2. The average molecular weight is 216 g/mol. The van der Waals surface area contributed by atoms with Gasteiger partial charge in [0.1, 0.15) is 5.75 Å². The molecule has 2 unspecified atom stereocenters. The first-order chi connectivity index (χ1) is 7.83. The van der Waals surface area contributed by atoms with Crippen molar-refractivity contribution >= 4 is 0 Å². The first-order valence-corrected chi connectivity index (χ1v) is 5.66. The van der Waals surface area contributed by atoms with Crippen LogP contribution >= 0.6 is 0 Å². The maximum atomic E-state index is 10.1. The Hall–Kier alpha value is -1.46. The average Bonchev–Trinajstić information content (AvgIpc) is 2.35. The first kappa shape index (κ1) is 11.0. The Balaban J connectivity index is 2.15. The number of aliphatic hydroxyl groups is 1. The second-order valence-electron chi connectivity index (χ2n) is 4.09. The van der Waals surface area contributed by atoms with Gasteiger partial charge in [0.15, 0.2) is 0 Å². The van der Waals surface area contributed by atoms with Crippen molar-refractivity contribution in [3.05, 3.63) is 29.8 Å². The van der Waals surface area contributed by atoms with Crippen molar-refractivity contribution in [1.82, 2.24) is 0 Å². The lowest BCUT2D eigenvalue weighted by Crippen LogP contribution is -2.24. The van der Waals surface area contributed by atoms with Crippen molar-refractivity contribution < 1.29 is 9.84 Å². The molecule has 2 rings (SSSR count). The molecule has 1 aromatic carbocycles. The predicted molar refractivity (Wildman–Crippen MR) is 63.4 cm³/mol. The highest BCUT2D eigenvalue weighted by Crippen LogP contribution is 2.36. The van der Waals surface area contributed by atoms with Gasteiger partial charge in [0.05, 0.1) is 12.7 Å². The summed E-state index contributed by atoms with van der Waals surface area (Å²) in [6.45, 7) is 0.675. The van der Waals surface area contributed by atoms with Crippen molar-refractivity contribution in [2.45, 2.75) is 31.3 Å². The van der Waals surface area contributed by atoms with Crippen LogP contribution in [-0.4, -0.2) is 17.8 Å². The number of ether oxygens (including phenoxy) is 1. The second kappa shape index (κ2) is 5.05. The van der Waals surface area contributed by atoms with Crippen LogP contribution in [0.3, 0.4) is 0 Å². The summed E-state index contributed by atoms with van der Waals surface area (Å²) in [5.41, 5.74) is 1.11. The van der Waals surface area contributed by atoms with Crippen LogP contribution in [-0.2, 0) is 0 Å². The SMILES string of the molecule is C#CCCC(O)C1CCOc2ccccc21. The topological polar surface area (TPSA) is 29.5 Å². The number of hydrogen-bond donors (Lipinski definition) is 1. The molecule has 0 amide bonds. The number of para-hydroxylation sites is 1. The third kappa shape index (κ3) is 2.20. The lowest BCUT2D eigenvalue weighted by atomic mass is 9.86. The first-order valence-electron chi connectivity index (χ1n) is 5.66. The maximum Gasteiger partial charge on any atom is 0.122 e. The van der Waals surface area contributed by atoms with Gasteiger partial charge in [-0.3, -0.25) is 0 Å². The fourth-order valence-electron chi connectivity index (χ4n) is 2.20. The zero-order valence-corrected chi connectivity index (χ0v) is 9.23. The fourth-order valence-corrected chi connectivity index (χ4v) is 2.20. The van der Waals surface area contributed by atoms with Gasteiger partial charge < -0.3 is 9.84 Å². The molecule has 0 spiro atoms. The van der Waals surface area contributed by atoms with Crippen LogP contribution < -0.4 is 4.74 Å². The maximum absolute atomic E-state index is 10.1. The van der Waals surface area contributed by atoms with Crippen LogP contribution in [0.15, 0.2) is 24.3 Å². The van der Waals surface area contributed by atoms with Crippen LogP contribution in [0.1, 0.15) is 30.7 Å². The molecule has 1 heterocycles. The summed E-state index contributed by atoms with van der Waals surface area (Å²) in [4.78, 5) is 0. The van der Waals surface area contributed by atoms with Gasteiger partial charge in [0.25, 0.3) is 0 Å². The van der Waals surface area contributed by atoms with Gasteiger partial charge in [0, 0.05) is 12.3 Å². The molecule has 1 aliphatic rings. The zero-order valence-electron chi connectivity index (χ0n) is 9.23. The van der Waals surface area contributed by atoms with E-state index in [9.17, 15) is 5.11 Å². The normalized spacial score (nSPS) is 20.4. The zero-order chi connectivity index (χ0) is 11.4. The van der Waals surface area contributed by atoms with E-state index >= 15 is 0 Å². The van der Waals surface area contributed by atoms with E-state index in [1.54, 1.807) is 0 Å². The molecule has 1 aromatic rings. The van der Waals surface area contributed by atoms with E-state index in [1.807, 2.05) is 24.3 Å². The van der Waals surface area contributed by atoms with E-state index in [4.69, 9.17) is 11.2 Å². The number of aliphatic hydroxyl groups excluding tert-OH is 1. The van der Waals surface area contributed by atoms with E-state index in [-0.39, 0.29) is 12.0 Å². The van der Waals surface area contributed by atoms with Gasteiger partial charge in [-0.05, 0) is 24.5 Å². The summed E-state index contributed by atoms with van der Waals surface area (Å²) < 4.78 is 5.56. The Morgan fingerprint density at radius 2 is 2.31 bits per heavy atom. The van der Waals surface area contributed by atoms with Crippen LogP contribution in [0.4, 0.5) is 0 Å². The lowest BCUT2D eigenvalue weighted by molar-refractivity contribution is 0.110. The monoisotopic (exact) mass is 216 g/mol. The van der Waals surface area contributed by atoms with Gasteiger partial charge in [-0.25, -0.2) is 0 Å². The predicted octanol–water partition coefficient (Wildman–Crippen LogP) is 2.33. The van der Waals surface area contributed by atoms with E-state index < -0.39 is 0 Å². The van der Waals surface area contributed by atoms with Gasteiger partial charge >= 0.3 is 0 Å². The molecule has 16 heavy (non-hydrogen) atoms. The quantitative estimate of drug-likeness (QED) is 0.786. The highest BCUT2D eigenvalue weighted by atomic mass is 16.5. The van der Waals surface area contributed by atoms with Gasteiger partial charge in [-0.15, -0.1) is 12.3 Å². The molecule has 2 heteroatoms. The minimum atomic E-state index is -0.360. The Kier molecular flexibility index (Phi) is 3.48. The van der Waals surface area contributed by atoms with Crippen molar-refractivity contribution in [2.24, 2.45) is 0 Å². The molecule has 0 radical (unpaired) electrons. The van der Waals surface area contributed by atoms with E-state index in [2.05, 4.69) is 5.92 Å². The highest BCUT2D eigenvalue weighted by Gasteiger charge is 2.26. The molecular weight excluding hydrogens is 200 g/mol.